The van der Waals surface area contributed by atoms with Crippen molar-refractivity contribution in [2.75, 3.05) is 26.3 Å². The van der Waals surface area contributed by atoms with Gasteiger partial charge in [0, 0.05) is 50.1 Å². The first kappa shape index (κ1) is 16.3. The third kappa shape index (κ3) is 4.05. The number of rotatable bonds is 5. The number of hydrogen-bond donors (Lipinski definition) is 0. The van der Waals surface area contributed by atoms with Crippen LogP contribution < -0.4 is 5.56 Å². The second-order valence-corrected chi connectivity index (χ2v) is 5.62. The summed E-state index contributed by atoms with van der Waals surface area (Å²) < 4.78 is 6.65. The highest BCUT2D eigenvalue weighted by molar-refractivity contribution is 5.76. The van der Waals surface area contributed by atoms with Crippen molar-refractivity contribution in [1.82, 2.24) is 19.7 Å². The Labute approximate surface area is 139 Å². The minimum absolute atomic E-state index is 0.106. The van der Waals surface area contributed by atoms with Crippen molar-refractivity contribution >= 4 is 5.91 Å². The Hall–Kier alpha value is -2.54. The van der Waals surface area contributed by atoms with E-state index in [1.807, 2.05) is 17.0 Å². The molecule has 0 spiro atoms. The number of aromatic nitrogens is 3. The number of pyridine rings is 1. The number of aryl methyl sites for hydroxylation is 1. The van der Waals surface area contributed by atoms with Crippen LogP contribution in [0.25, 0.3) is 11.3 Å². The lowest BCUT2D eigenvalue weighted by Crippen LogP contribution is -2.40. The minimum Gasteiger partial charge on any atom is -0.378 e. The molecule has 0 saturated carbocycles. The molecule has 1 saturated heterocycles. The predicted octanol–water partition coefficient (Wildman–Crippen LogP) is 0.944. The maximum Gasteiger partial charge on any atom is 0.266 e. The van der Waals surface area contributed by atoms with Gasteiger partial charge in [-0.05, 0) is 24.6 Å². The topological polar surface area (TPSA) is 77.3 Å². The second-order valence-electron chi connectivity index (χ2n) is 5.62. The summed E-state index contributed by atoms with van der Waals surface area (Å²) in [5.74, 6) is 0.106. The number of hydrogen-bond acceptors (Lipinski definition) is 5. The highest BCUT2D eigenvalue weighted by Gasteiger charge is 2.16. The molecular weight excluding hydrogens is 308 g/mol. The van der Waals surface area contributed by atoms with Crippen molar-refractivity contribution in [2.45, 2.75) is 19.4 Å². The van der Waals surface area contributed by atoms with Gasteiger partial charge in [0.25, 0.3) is 5.56 Å². The number of morpholine rings is 1. The van der Waals surface area contributed by atoms with E-state index >= 15 is 0 Å². The normalized spacial score (nSPS) is 14.6. The van der Waals surface area contributed by atoms with E-state index in [9.17, 15) is 9.59 Å². The summed E-state index contributed by atoms with van der Waals surface area (Å²) in [5, 5.41) is 4.37. The molecule has 2 aromatic rings. The van der Waals surface area contributed by atoms with Gasteiger partial charge in [-0.2, -0.15) is 5.10 Å². The summed E-state index contributed by atoms with van der Waals surface area (Å²) in [7, 11) is 0. The molecule has 0 atom stereocenters. The molecule has 1 aliphatic heterocycles. The Balaban J connectivity index is 1.60. The Morgan fingerprint density at radius 2 is 2.04 bits per heavy atom. The van der Waals surface area contributed by atoms with Gasteiger partial charge in [0.15, 0.2) is 0 Å². The first-order chi connectivity index (χ1) is 11.7. The fourth-order valence-electron chi connectivity index (χ4n) is 2.63. The van der Waals surface area contributed by atoms with Crippen molar-refractivity contribution in [1.29, 1.82) is 0 Å². The minimum atomic E-state index is -0.165. The molecule has 1 fully saturated rings. The molecule has 3 rings (SSSR count). The molecule has 0 unspecified atom stereocenters. The monoisotopic (exact) mass is 328 g/mol. The van der Waals surface area contributed by atoms with Gasteiger partial charge in [-0.1, -0.05) is 0 Å². The average Bonchev–Trinajstić information content (AvgIpc) is 2.64. The molecule has 1 aliphatic rings. The van der Waals surface area contributed by atoms with Crippen molar-refractivity contribution < 1.29 is 9.53 Å². The molecule has 0 bridgehead atoms. The summed E-state index contributed by atoms with van der Waals surface area (Å²) in [6.45, 7) is 2.91. The zero-order valence-corrected chi connectivity index (χ0v) is 13.4. The summed E-state index contributed by atoms with van der Waals surface area (Å²) in [6, 6.07) is 6.91. The highest BCUT2D eigenvalue weighted by Crippen LogP contribution is 2.13. The largest absolute Gasteiger partial charge is 0.378 e. The van der Waals surface area contributed by atoms with Gasteiger partial charge in [0.1, 0.15) is 0 Å². The number of amides is 1. The standard InChI is InChI=1S/C17H20N4O3/c22-16(20-9-11-24-12-10-20)4-2-8-21-17(23)6-5-15(19-21)14-3-1-7-18-13-14/h1,3,5-7,13H,2,4,8-12H2. The fraction of sp³-hybridized carbons (Fsp3) is 0.412. The van der Waals surface area contributed by atoms with E-state index in [-0.39, 0.29) is 11.5 Å². The average molecular weight is 328 g/mol. The maximum absolute atomic E-state index is 12.1. The molecule has 7 nitrogen and oxygen atoms in total. The molecule has 0 aromatic carbocycles. The van der Waals surface area contributed by atoms with Gasteiger partial charge >= 0.3 is 0 Å². The lowest BCUT2D eigenvalue weighted by atomic mass is 10.2. The highest BCUT2D eigenvalue weighted by atomic mass is 16.5. The molecule has 0 radical (unpaired) electrons. The first-order valence-electron chi connectivity index (χ1n) is 8.08. The van der Waals surface area contributed by atoms with Gasteiger partial charge < -0.3 is 9.64 Å². The molecule has 24 heavy (non-hydrogen) atoms. The van der Waals surface area contributed by atoms with Crippen LogP contribution in [-0.4, -0.2) is 51.9 Å². The van der Waals surface area contributed by atoms with Gasteiger partial charge in [0.05, 0.1) is 18.9 Å². The summed E-state index contributed by atoms with van der Waals surface area (Å²) in [4.78, 5) is 29.9. The first-order valence-corrected chi connectivity index (χ1v) is 8.08. The number of ether oxygens (including phenoxy) is 1. The van der Waals surface area contributed by atoms with E-state index in [2.05, 4.69) is 10.1 Å². The van der Waals surface area contributed by atoms with Crippen LogP contribution >= 0.6 is 0 Å². The summed E-state index contributed by atoms with van der Waals surface area (Å²) in [5.41, 5.74) is 1.39. The van der Waals surface area contributed by atoms with E-state index < -0.39 is 0 Å². The lowest BCUT2D eigenvalue weighted by Gasteiger charge is -2.26. The molecule has 1 amide bonds. The van der Waals surface area contributed by atoms with Crippen molar-refractivity contribution in [3.8, 4) is 11.3 Å². The van der Waals surface area contributed by atoms with Crippen LogP contribution in [-0.2, 0) is 16.1 Å². The van der Waals surface area contributed by atoms with Crippen LogP contribution in [0.2, 0.25) is 0 Å². The predicted molar refractivity (Wildman–Crippen MR) is 88.4 cm³/mol. The molecule has 0 aliphatic carbocycles. The van der Waals surface area contributed by atoms with Crippen LogP contribution in [0.5, 0.6) is 0 Å². The van der Waals surface area contributed by atoms with Gasteiger partial charge in [-0.15, -0.1) is 0 Å². The zero-order valence-electron chi connectivity index (χ0n) is 13.4. The number of carbonyl (C=O) groups is 1. The van der Waals surface area contributed by atoms with Crippen LogP contribution in [0.4, 0.5) is 0 Å². The Morgan fingerprint density at radius 3 is 2.79 bits per heavy atom. The molecular formula is C17H20N4O3. The second kappa shape index (κ2) is 7.83. The maximum atomic E-state index is 12.1. The fourth-order valence-corrected chi connectivity index (χ4v) is 2.63. The third-order valence-electron chi connectivity index (χ3n) is 3.95. The van der Waals surface area contributed by atoms with Gasteiger partial charge in [-0.3, -0.25) is 14.6 Å². The van der Waals surface area contributed by atoms with Gasteiger partial charge in [-0.25, -0.2) is 4.68 Å². The van der Waals surface area contributed by atoms with Crippen LogP contribution in [0, 0.1) is 0 Å². The Kier molecular flexibility index (Phi) is 5.32. The summed E-state index contributed by atoms with van der Waals surface area (Å²) >= 11 is 0. The molecule has 0 N–H and O–H groups in total. The lowest BCUT2D eigenvalue weighted by molar-refractivity contribution is -0.135. The van der Waals surface area contributed by atoms with Crippen molar-refractivity contribution in [3.63, 3.8) is 0 Å². The van der Waals surface area contributed by atoms with Crippen LogP contribution in [0.1, 0.15) is 12.8 Å². The van der Waals surface area contributed by atoms with Crippen molar-refractivity contribution in [2.24, 2.45) is 0 Å². The van der Waals surface area contributed by atoms with E-state index in [1.165, 1.54) is 10.7 Å². The SMILES string of the molecule is O=C(CCCn1nc(-c2cccnc2)ccc1=O)N1CCOCC1. The molecule has 2 aromatic heterocycles. The molecule has 7 heteroatoms. The van der Waals surface area contributed by atoms with Gasteiger partial charge in [0.2, 0.25) is 5.91 Å². The quantitative estimate of drug-likeness (QED) is 0.816. The van der Waals surface area contributed by atoms with Crippen LogP contribution in [0.15, 0.2) is 41.5 Å². The smallest absolute Gasteiger partial charge is 0.266 e. The van der Waals surface area contributed by atoms with E-state index in [0.717, 1.165) is 5.56 Å². The Bertz CT molecular complexity index is 739. The number of nitrogens with zero attached hydrogens (tertiary/aromatic N) is 4. The molecule has 3 heterocycles. The third-order valence-corrected chi connectivity index (χ3v) is 3.95. The van der Waals surface area contributed by atoms with Crippen molar-refractivity contribution in [3.05, 3.63) is 47.0 Å². The number of carbonyl (C=O) groups excluding carboxylic acids is 1. The van der Waals surface area contributed by atoms with E-state index in [1.54, 1.807) is 18.5 Å². The molecule has 126 valence electrons. The summed E-state index contributed by atoms with van der Waals surface area (Å²) in [6.07, 6.45) is 4.39. The van der Waals surface area contributed by atoms with E-state index in [0.29, 0.717) is 51.4 Å². The zero-order chi connectivity index (χ0) is 16.8. The Morgan fingerprint density at radius 1 is 1.21 bits per heavy atom. The van der Waals surface area contributed by atoms with Crippen LogP contribution in [0.3, 0.4) is 0 Å². The van der Waals surface area contributed by atoms with E-state index in [4.69, 9.17) is 4.74 Å².